The summed E-state index contributed by atoms with van der Waals surface area (Å²) in [5.41, 5.74) is 4.07. The van der Waals surface area contributed by atoms with Crippen molar-refractivity contribution in [1.82, 2.24) is 19.9 Å². The van der Waals surface area contributed by atoms with Crippen LogP contribution in [0, 0.1) is 0 Å². The standard InChI is InChI=1S/C25H19F3N4O/c26-25(27,28)21-10-8-17(9-11-21)19-7-6-18-12-13-31(16-20(18)14-19)24(33)23-15-29-30-32(23)22-4-2-1-3-5-22/h1-11,14-15H,12-13,16H2. The van der Waals surface area contributed by atoms with Crippen LogP contribution in [-0.4, -0.2) is 32.3 Å². The summed E-state index contributed by atoms with van der Waals surface area (Å²) in [7, 11) is 0. The van der Waals surface area contributed by atoms with Gasteiger partial charge in [-0.1, -0.05) is 47.7 Å². The van der Waals surface area contributed by atoms with E-state index in [0.717, 1.165) is 34.5 Å². The minimum Gasteiger partial charge on any atom is -0.333 e. The molecule has 0 atom stereocenters. The van der Waals surface area contributed by atoms with Crippen molar-refractivity contribution in [2.45, 2.75) is 19.1 Å². The number of halogens is 3. The monoisotopic (exact) mass is 448 g/mol. The highest BCUT2D eigenvalue weighted by Gasteiger charge is 2.30. The molecule has 1 aliphatic heterocycles. The van der Waals surface area contributed by atoms with Crippen LogP contribution < -0.4 is 0 Å². The van der Waals surface area contributed by atoms with Crippen LogP contribution in [-0.2, 0) is 19.1 Å². The second-order valence-corrected chi connectivity index (χ2v) is 7.90. The Labute approximate surface area is 188 Å². The predicted octanol–water partition coefficient (Wildman–Crippen LogP) is 5.15. The molecule has 166 valence electrons. The number of para-hydroxylation sites is 1. The molecule has 1 aromatic heterocycles. The number of amides is 1. The molecule has 0 aliphatic carbocycles. The number of carbonyl (C=O) groups is 1. The zero-order valence-corrected chi connectivity index (χ0v) is 17.5. The summed E-state index contributed by atoms with van der Waals surface area (Å²) in [6.07, 6.45) is -2.21. The lowest BCUT2D eigenvalue weighted by Gasteiger charge is -2.29. The summed E-state index contributed by atoms with van der Waals surface area (Å²) < 4.78 is 40.1. The fraction of sp³-hybridized carbons (Fsp3) is 0.160. The SMILES string of the molecule is O=C(c1cnnn1-c1ccccc1)N1CCc2ccc(-c3ccc(C(F)(F)F)cc3)cc2C1. The highest BCUT2D eigenvalue weighted by molar-refractivity contribution is 5.93. The molecule has 0 spiro atoms. The number of hydrogen-bond acceptors (Lipinski definition) is 3. The molecule has 2 heterocycles. The van der Waals surface area contributed by atoms with E-state index >= 15 is 0 Å². The Hall–Kier alpha value is -3.94. The Balaban J connectivity index is 1.39. The highest BCUT2D eigenvalue weighted by atomic mass is 19.4. The first-order valence-corrected chi connectivity index (χ1v) is 10.4. The smallest absolute Gasteiger partial charge is 0.333 e. The Morgan fingerprint density at radius 1 is 0.879 bits per heavy atom. The highest BCUT2D eigenvalue weighted by Crippen LogP contribution is 2.32. The molecule has 0 unspecified atom stereocenters. The van der Waals surface area contributed by atoms with Gasteiger partial charge in [0, 0.05) is 13.1 Å². The van der Waals surface area contributed by atoms with Crippen molar-refractivity contribution < 1.29 is 18.0 Å². The third-order valence-electron chi connectivity index (χ3n) is 5.82. The minimum atomic E-state index is -4.36. The van der Waals surface area contributed by atoms with Crippen LogP contribution in [0.1, 0.15) is 27.2 Å². The molecule has 3 aromatic carbocycles. The maximum Gasteiger partial charge on any atom is 0.416 e. The molecule has 0 N–H and O–H groups in total. The fourth-order valence-corrected chi connectivity index (χ4v) is 4.06. The van der Waals surface area contributed by atoms with Gasteiger partial charge >= 0.3 is 6.18 Å². The molecule has 0 saturated carbocycles. The van der Waals surface area contributed by atoms with Crippen LogP contribution in [0.15, 0.2) is 79.0 Å². The van der Waals surface area contributed by atoms with Crippen molar-refractivity contribution in [1.29, 1.82) is 0 Å². The summed E-state index contributed by atoms with van der Waals surface area (Å²) >= 11 is 0. The quantitative estimate of drug-likeness (QED) is 0.436. The van der Waals surface area contributed by atoms with Gasteiger partial charge in [-0.15, -0.1) is 5.10 Å². The summed E-state index contributed by atoms with van der Waals surface area (Å²) in [4.78, 5) is 15.0. The van der Waals surface area contributed by atoms with Crippen LogP contribution in [0.3, 0.4) is 0 Å². The van der Waals surface area contributed by atoms with Crippen molar-refractivity contribution in [2.24, 2.45) is 0 Å². The van der Waals surface area contributed by atoms with E-state index in [-0.39, 0.29) is 5.91 Å². The zero-order valence-electron chi connectivity index (χ0n) is 17.5. The summed E-state index contributed by atoms with van der Waals surface area (Å²) in [6, 6.07) is 20.3. The number of hydrogen-bond donors (Lipinski definition) is 0. The number of benzene rings is 3. The van der Waals surface area contributed by atoms with Gasteiger partial charge in [-0.05, 0) is 59.0 Å². The summed E-state index contributed by atoms with van der Waals surface area (Å²) in [6.45, 7) is 0.966. The van der Waals surface area contributed by atoms with E-state index in [1.54, 1.807) is 4.90 Å². The normalized spacial score (nSPS) is 13.6. The van der Waals surface area contributed by atoms with Gasteiger partial charge in [0.1, 0.15) is 0 Å². The van der Waals surface area contributed by atoms with E-state index in [1.807, 2.05) is 48.5 Å². The number of aromatic nitrogens is 3. The van der Waals surface area contributed by atoms with Gasteiger partial charge in [0.05, 0.1) is 17.4 Å². The van der Waals surface area contributed by atoms with Gasteiger partial charge in [-0.2, -0.15) is 13.2 Å². The van der Waals surface area contributed by atoms with Gasteiger partial charge in [-0.25, -0.2) is 4.68 Å². The number of fused-ring (bicyclic) bond motifs is 1. The van der Waals surface area contributed by atoms with Gasteiger partial charge in [0.15, 0.2) is 5.69 Å². The van der Waals surface area contributed by atoms with Crippen molar-refractivity contribution >= 4 is 5.91 Å². The molecule has 33 heavy (non-hydrogen) atoms. The molecule has 1 amide bonds. The van der Waals surface area contributed by atoms with Crippen molar-refractivity contribution in [2.75, 3.05) is 6.54 Å². The van der Waals surface area contributed by atoms with Crippen LogP contribution in [0.2, 0.25) is 0 Å². The van der Waals surface area contributed by atoms with Gasteiger partial charge in [0.2, 0.25) is 0 Å². The zero-order chi connectivity index (χ0) is 23.0. The lowest BCUT2D eigenvalue weighted by molar-refractivity contribution is -0.137. The maximum absolute atomic E-state index is 13.3. The van der Waals surface area contributed by atoms with E-state index in [9.17, 15) is 18.0 Å². The Morgan fingerprint density at radius 3 is 2.33 bits per heavy atom. The third kappa shape index (κ3) is 4.11. The number of rotatable bonds is 3. The topological polar surface area (TPSA) is 51.0 Å². The number of carbonyl (C=O) groups excluding carboxylic acids is 1. The van der Waals surface area contributed by atoms with Crippen molar-refractivity contribution in [3.05, 3.63) is 101 Å². The third-order valence-corrected chi connectivity index (χ3v) is 5.82. The second-order valence-electron chi connectivity index (χ2n) is 7.90. The lowest BCUT2D eigenvalue weighted by Crippen LogP contribution is -2.37. The number of nitrogens with zero attached hydrogens (tertiary/aromatic N) is 4. The maximum atomic E-state index is 13.3. The van der Waals surface area contributed by atoms with Crippen LogP contribution in [0.25, 0.3) is 16.8 Å². The molecule has 1 aliphatic rings. The summed E-state index contributed by atoms with van der Waals surface area (Å²) in [5, 5.41) is 7.99. The molecule has 0 bridgehead atoms. The van der Waals surface area contributed by atoms with Crippen molar-refractivity contribution in [3.63, 3.8) is 0 Å². The average molecular weight is 448 g/mol. The molecule has 0 radical (unpaired) electrons. The molecule has 4 aromatic rings. The first-order chi connectivity index (χ1) is 15.9. The van der Waals surface area contributed by atoms with E-state index < -0.39 is 11.7 Å². The molecular formula is C25H19F3N4O. The lowest BCUT2D eigenvalue weighted by atomic mass is 9.94. The molecular weight excluding hydrogens is 429 g/mol. The van der Waals surface area contributed by atoms with E-state index in [4.69, 9.17) is 0 Å². The van der Waals surface area contributed by atoms with Gasteiger partial charge < -0.3 is 4.90 Å². The first-order valence-electron chi connectivity index (χ1n) is 10.4. The summed E-state index contributed by atoms with van der Waals surface area (Å²) in [5.74, 6) is -0.172. The van der Waals surface area contributed by atoms with Gasteiger partial charge in [0.25, 0.3) is 5.91 Å². The molecule has 8 heteroatoms. The van der Waals surface area contributed by atoms with Crippen LogP contribution >= 0.6 is 0 Å². The predicted molar refractivity (Wildman–Crippen MR) is 117 cm³/mol. The molecule has 0 fully saturated rings. The average Bonchev–Trinajstić information content (AvgIpc) is 3.33. The second kappa shape index (κ2) is 8.20. The van der Waals surface area contributed by atoms with E-state index in [2.05, 4.69) is 10.3 Å². The Kier molecular flexibility index (Phi) is 5.20. The molecule has 0 saturated heterocycles. The minimum absolute atomic E-state index is 0.172. The Morgan fingerprint density at radius 2 is 1.61 bits per heavy atom. The molecule has 5 nitrogen and oxygen atoms in total. The number of alkyl halides is 3. The first kappa shape index (κ1) is 20.9. The van der Waals surface area contributed by atoms with Crippen LogP contribution in [0.5, 0.6) is 0 Å². The largest absolute Gasteiger partial charge is 0.416 e. The fourth-order valence-electron chi connectivity index (χ4n) is 4.06. The molecule has 5 rings (SSSR count). The Bertz CT molecular complexity index is 1300. The van der Waals surface area contributed by atoms with E-state index in [0.29, 0.717) is 30.8 Å². The van der Waals surface area contributed by atoms with Crippen LogP contribution in [0.4, 0.5) is 13.2 Å². The van der Waals surface area contributed by atoms with Crippen molar-refractivity contribution in [3.8, 4) is 16.8 Å². The van der Waals surface area contributed by atoms with E-state index in [1.165, 1.54) is 23.0 Å². The van der Waals surface area contributed by atoms with Gasteiger partial charge in [-0.3, -0.25) is 4.79 Å².